The molecule has 0 spiro atoms. The minimum absolute atomic E-state index is 0.141. The fraction of sp³-hybridized carbons (Fsp3) is 0.375. The zero-order chi connectivity index (χ0) is 15.8. The van der Waals surface area contributed by atoms with Gasteiger partial charge in [-0.2, -0.15) is 5.10 Å². The molecule has 2 aliphatic heterocycles. The van der Waals surface area contributed by atoms with Crippen LogP contribution >= 0.6 is 0 Å². The molecule has 2 saturated heterocycles. The van der Waals surface area contributed by atoms with E-state index in [0.717, 1.165) is 25.0 Å². The van der Waals surface area contributed by atoms with Crippen molar-refractivity contribution >= 4 is 17.8 Å². The van der Waals surface area contributed by atoms with Gasteiger partial charge in [0.15, 0.2) is 0 Å². The lowest BCUT2D eigenvalue weighted by Gasteiger charge is -2.25. The van der Waals surface area contributed by atoms with Crippen LogP contribution in [0.2, 0.25) is 0 Å². The molecular weight excluding hydrogens is 294 g/mol. The molecule has 118 valence electrons. The molecule has 1 atom stereocenters. The van der Waals surface area contributed by atoms with Crippen LogP contribution in [-0.4, -0.2) is 44.2 Å². The maximum Gasteiger partial charge on any atom is 0.333 e. The Bertz CT molecular complexity index is 718. The number of pyridine rings is 1. The zero-order valence-electron chi connectivity index (χ0n) is 12.6. The van der Waals surface area contributed by atoms with E-state index in [-0.39, 0.29) is 18.0 Å². The number of imide groups is 1. The van der Waals surface area contributed by atoms with Gasteiger partial charge in [-0.25, -0.2) is 14.4 Å². The predicted molar refractivity (Wildman–Crippen MR) is 82.8 cm³/mol. The summed E-state index contributed by atoms with van der Waals surface area (Å²) in [6.45, 7) is 1.07. The Balaban J connectivity index is 1.65. The van der Waals surface area contributed by atoms with E-state index in [4.69, 9.17) is 0 Å². The minimum atomic E-state index is -0.311. The normalized spacial score (nSPS) is 21.0. The molecule has 4 heterocycles. The van der Waals surface area contributed by atoms with Crippen molar-refractivity contribution in [1.29, 1.82) is 0 Å². The van der Waals surface area contributed by atoms with Crippen molar-refractivity contribution in [1.82, 2.24) is 19.7 Å². The van der Waals surface area contributed by atoms with Crippen LogP contribution in [0.3, 0.4) is 0 Å². The summed E-state index contributed by atoms with van der Waals surface area (Å²) in [6, 6.07) is 6.80. The molecule has 4 rings (SSSR count). The number of hydrogen-bond donors (Lipinski definition) is 0. The Hall–Kier alpha value is -2.70. The number of carbonyl (C=O) groups is 2. The molecule has 7 heteroatoms. The van der Waals surface area contributed by atoms with Crippen LogP contribution in [0, 0.1) is 0 Å². The summed E-state index contributed by atoms with van der Waals surface area (Å²) >= 11 is 0. The number of amides is 3. The van der Waals surface area contributed by atoms with Crippen LogP contribution < -0.4 is 4.90 Å². The molecule has 2 aromatic heterocycles. The lowest BCUT2D eigenvalue weighted by atomic mass is 10.0. The van der Waals surface area contributed by atoms with Crippen LogP contribution in [0.25, 0.3) is 0 Å². The molecule has 0 aliphatic carbocycles. The average Bonchev–Trinajstić information content (AvgIpc) is 3.12. The summed E-state index contributed by atoms with van der Waals surface area (Å²) in [4.78, 5) is 32.5. The Morgan fingerprint density at radius 2 is 2.04 bits per heavy atom. The second kappa shape index (κ2) is 5.49. The molecule has 2 fully saturated rings. The molecule has 0 aromatic carbocycles. The summed E-state index contributed by atoms with van der Waals surface area (Å²) in [5.41, 5.74) is 0.828. The molecule has 0 radical (unpaired) electrons. The molecule has 3 amide bonds. The SMILES string of the molecule is O=C1C2CCCCN2C(=O)N1c1ccnn1Cc1ccccn1. The molecule has 0 bridgehead atoms. The number of urea groups is 1. The molecule has 2 aliphatic rings. The van der Waals surface area contributed by atoms with Gasteiger partial charge >= 0.3 is 6.03 Å². The van der Waals surface area contributed by atoms with Gasteiger partial charge in [-0.3, -0.25) is 9.78 Å². The zero-order valence-corrected chi connectivity index (χ0v) is 12.6. The number of nitrogens with zero attached hydrogens (tertiary/aromatic N) is 5. The number of anilines is 1. The second-order valence-corrected chi connectivity index (χ2v) is 5.83. The van der Waals surface area contributed by atoms with Gasteiger partial charge in [0.05, 0.1) is 18.4 Å². The number of rotatable bonds is 3. The van der Waals surface area contributed by atoms with Gasteiger partial charge in [-0.15, -0.1) is 0 Å². The Kier molecular flexibility index (Phi) is 3.33. The number of hydrogen-bond acceptors (Lipinski definition) is 4. The molecule has 23 heavy (non-hydrogen) atoms. The number of piperidine rings is 1. The van der Waals surface area contributed by atoms with Crippen molar-refractivity contribution < 1.29 is 9.59 Å². The lowest BCUT2D eigenvalue weighted by molar-refractivity contribution is -0.120. The van der Waals surface area contributed by atoms with E-state index >= 15 is 0 Å². The van der Waals surface area contributed by atoms with Crippen LogP contribution in [0.4, 0.5) is 10.6 Å². The third kappa shape index (κ3) is 2.28. The maximum atomic E-state index is 12.7. The molecule has 2 aromatic rings. The highest BCUT2D eigenvalue weighted by atomic mass is 16.2. The fourth-order valence-electron chi connectivity index (χ4n) is 3.28. The van der Waals surface area contributed by atoms with Gasteiger partial charge in [0.2, 0.25) is 0 Å². The van der Waals surface area contributed by atoms with Crippen molar-refractivity contribution in [2.45, 2.75) is 31.8 Å². The Labute approximate surface area is 133 Å². The van der Waals surface area contributed by atoms with Gasteiger partial charge < -0.3 is 4.90 Å². The summed E-state index contributed by atoms with van der Waals surface area (Å²) in [5, 5.41) is 4.25. The first-order valence-corrected chi connectivity index (χ1v) is 7.82. The van der Waals surface area contributed by atoms with E-state index in [0.29, 0.717) is 18.9 Å². The van der Waals surface area contributed by atoms with Crippen molar-refractivity contribution in [3.8, 4) is 0 Å². The van der Waals surface area contributed by atoms with Gasteiger partial charge in [0, 0.05) is 18.8 Å². The van der Waals surface area contributed by atoms with E-state index in [1.807, 2.05) is 18.2 Å². The van der Waals surface area contributed by atoms with Gasteiger partial charge in [-0.1, -0.05) is 6.07 Å². The van der Waals surface area contributed by atoms with E-state index in [2.05, 4.69) is 10.1 Å². The van der Waals surface area contributed by atoms with Crippen molar-refractivity contribution in [3.63, 3.8) is 0 Å². The van der Waals surface area contributed by atoms with Gasteiger partial charge in [0.25, 0.3) is 5.91 Å². The van der Waals surface area contributed by atoms with E-state index in [9.17, 15) is 9.59 Å². The first-order valence-electron chi connectivity index (χ1n) is 7.82. The number of aromatic nitrogens is 3. The van der Waals surface area contributed by atoms with E-state index in [1.54, 1.807) is 28.0 Å². The smallest absolute Gasteiger partial charge is 0.312 e. The van der Waals surface area contributed by atoms with Crippen LogP contribution in [0.5, 0.6) is 0 Å². The molecule has 7 nitrogen and oxygen atoms in total. The second-order valence-electron chi connectivity index (χ2n) is 5.83. The third-order valence-electron chi connectivity index (χ3n) is 4.41. The topological polar surface area (TPSA) is 71.3 Å². The molecule has 0 N–H and O–H groups in total. The maximum absolute atomic E-state index is 12.7. The predicted octanol–water partition coefficient (Wildman–Crippen LogP) is 1.65. The van der Waals surface area contributed by atoms with Gasteiger partial charge in [0.1, 0.15) is 11.9 Å². The summed E-state index contributed by atoms with van der Waals surface area (Å²) < 4.78 is 1.65. The molecule has 1 unspecified atom stereocenters. The standard InChI is InChI=1S/C16H17N5O2/c22-15-13-6-2-4-10-19(13)16(23)21(15)14-7-9-18-20(14)11-12-5-1-3-8-17-12/h1,3,5,7-9,13H,2,4,6,10-11H2. The number of fused-ring (bicyclic) bond motifs is 1. The summed E-state index contributed by atoms with van der Waals surface area (Å²) in [6.07, 6.45) is 6.01. The van der Waals surface area contributed by atoms with Gasteiger partial charge in [-0.05, 0) is 31.4 Å². The highest BCUT2D eigenvalue weighted by Crippen LogP contribution is 2.30. The highest BCUT2D eigenvalue weighted by Gasteiger charge is 2.47. The van der Waals surface area contributed by atoms with Crippen molar-refractivity contribution in [3.05, 3.63) is 42.4 Å². The summed E-state index contributed by atoms with van der Waals surface area (Å²) in [7, 11) is 0. The quantitative estimate of drug-likeness (QED) is 0.808. The fourth-order valence-corrected chi connectivity index (χ4v) is 3.28. The molecule has 0 saturated carbocycles. The van der Waals surface area contributed by atoms with Crippen LogP contribution in [0.1, 0.15) is 25.0 Å². The van der Waals surface area contributed by atoms with Crippen molar-refractivity contribution in [2.24, 2.45) is 0 Å². The molecular formula is C16H17N5O2. The minimum Gasteiger partial charge on any atom is -0.312 e. The third-order valence-corrected chi connectivity index (χ3v) is 4.41. The average molecular weight is 311 g/mol. The first-order chi connectivity index (χ1) is 11.3. The Morgan fingerprint density at radius 3 is 2.83 bits per heavy atom. The highest BCUT2D eigenvalue weighted by molar-refractivity contribution is 6.20. The van der Waals surface area contributed by atoms with E-state index in [1.165, 1.54) is 4.90 Å². The van der Waals surface area contributed by atoms with E-state index < -0.39 is 0 Å². The monoisotopic (exact) mass is 311 g/mol. The van der Waals surface area contributed by atoms with Crippen molar-refractivity contribution in [2.75, 3.05) is 11.4 Å². The number of carbonyl (C=O) groups excluding carboxylic acids is 2. The van der Waals surface area contributed by atoms with Crippen LogP contribution in [0.15, 0.2) is 36.7 Å². The Morgan fingerprint density at radius 1 is 1.13 bits per heavy atom. The summed E-state index contributed by atoms with van der Waals surface area (Å²) in [5.74, 6) is 0.373. The largest absolute Gasteiger partial charge is 0.333 e. The first kappa shape index (κ1) is 13.9. The van der Waals surface area contributed by atoms with Crippen LogP contribution in [-0.2, 0) is 11.3 Å². The lowest BCUT2D eigenvalue weighted by Crippen LogP contribution is -2.39.